The smallest absolute Gasteiger partial charge is 0.205 e. The first-order valence-electron chi connectivity index (χ1n) is 5.85. The molecule has 0 amide bonds. The predicted molar refractivity (Wildman–Crippen MR) is 67.2 cm³/mol. The summed E-state index contributed by atoms with van der Waals surface area (Å²) in [5.74, 6) is 6.93. The van der Waals surface area contributed by atoms with E-state index in [9.17, 15) is 0 Å². The normalized spacial score (nSPS) is 11.6. The number of nitrogens with two attached hydrogens (primary N) is 1. The molecule has 0 aliphatic rings. The highest BCUT2D eigenvalue weighted by atomic mass is 15.3. The summed E-state index contributed by atoms with van der Waals surface area (Å²) >= 11 is 0. The third-order valence-electron chi connectivity index (χ3n) is 2.36. The van der Waals surface area contributed by atoms with E-state index in [0.29, 0.717) is 5.96 Å². The Kier molecular flexibility index (Phi) is 6.02. The van der Waals surface area contributed by atoms with Gasteiger partial charge in [-0.2, -0.15) is 0 Å². The van der Waals surface area contributed by atoms with Gasteiger partial charge in [-0.3, -0.25) is 10.4 Å². The van der Waals surface area contributed by atoms with Gasteiger partial charge in [-0.25, -0.2) is 5.84 Å². The maximum absolute atomic E-state index is 5.37. The molecule has 0 radical (unpaired) electrons. The van der Waals surface area contributed by atoms with Crippen LogP contribution in [0.5, 0.6) is 0 Å². The summed E-state index contributed by atoms with van der Waals surface area (Å²) in [7, 11) is 1.92. The molecule has 17 heavy (non-hydrogen) atoms. The molecule has 0 spiro atoms. The zero-order chi connectivity index (χ0) is 12.5. The number of nitrogens with one attached hydrogen (secondary N) is 2. The highest BCUT2D eigenvalue weighted by Gasteiger charge is 2.00. The molecule has 0 bridgehead atoms. The molecule has 0 atom stereocenters. The van der Waals surface area contributed by atoms with Crippen LogP contribution < -0.4 is 16.6 Å². The molecule has 1 heterocycles. The van der Waals surface area contributed by atoms with Crippen LogP contribution in [0.4, 0.5) is 0 Å². The van der Waals surface area contributed by atoms with E-state index in [1.165, 1.54) is 0 Å². The van der Waals surface area contributed by atoms with Crippen LogP contribution in [0, 0.1) is 0 Å². The van der Waals surface area contributed by atoms with Crippen molar-refractivity contribution in [2.45, 2.75) is 26.2 Å². The molecule has 0 aliphatic heterocycles. The van der Waals surface area contributed by atoms with Crippen molar-refractivity contribution in [2.24, 2.45) is 17.9 Å². The van der Waals surface area contributed by atoms with Crippen LogP contribution in [0.1, 0.15) is 25.6 Å². The van der Waals surface area contributed by atoms with Crippen molar-refractivity contribution < 1.29 is 0 Å². The zero-order valence-corrected chi connectivity index (χ0v) is 10.5. The van der Waals surface area contributed by atoms with Gasteiger partial charge in [0, 0.05) is 26.6 Å². The van der Waals surface area contributed by atoms with Gasteiger partial charge in [0.05, 0.1) is 0 Å². The quantitative estimate of drug-likeness (QED) is 0.206. The summed E-state index contributed by atoms with van der Waals surface area (Å²) in [6.45, 7) is 3.64. The van der Waals surface area contributed by atoms with Crippen molar-refractivity contribution in [3.8, 4) is 0 Å². The van der Waals surface area contributed by atoms with Gasteiger partial charge in [-0.05, 0) is 6.42 Å². The number of rotatable bonds is 6. The lowest BCUT2D eigenvalue weighted by molar-refractivity contribution is 0.727. The van der Waals surface area contributed by atoms with E-state index in [1.807, 2.05) is 11.6 Å². The number of guanidine groups is 1. The Labute approximate surface area is 101 Å². The molecule has 7 heteroatoms. The minimum Gasteiger partial charge on any atom is -0.355 e. The average molecular weight is 239 g/mol. The Morgan fingerprint density at radius 3 is 3.00 bits per heavy atom. The maximum atomic E-state index is 5.37. The standard InChI is InChI=1S/C10H21N7/c1-3-4-6-12-10(15-11)13-7-5-9-16-14-8-17(9)2/h8H,3-7,11H2,1-2H3,(H2,12,13,15). The van der Waals surface area contributed by atoms with E-state index in [0.717, 1.165) is 38.2 Å². The average Bonchev–Trinajstić information content (AvgIpc) is 2.73. The topological polar surface area (TPSA) is 93.2 Å². The Morgan fingerprint density at radius 1 is 1.59 bits per heavy atom. The van der Waals surface area contributed by atoms with Crippen LogP contribution in [0.2, 0.25) is 0 Å². The molecule has 96 valence electrons. The second kappa shape index (κ2) is 7.61. The van der Waals surface area contributed by atoms with Gasteiger partial charge in [0.2, 0.25) is 5.96 Å². The van der Waals surface area contributed by atoms with Crippen molar-refractivity contribution in [1.29, 1.82) is 0 Å². The minimum absolute atomic E-state index is 0.626. The summed E-state index contributed by atoms with van der Waals surface area (Å²) < 4.78 is 1.89. The summed E-state index contributed by atoms with van der Waals surface area (Å²) in [5.41, 5.74) is 2.55. The fourth-order valence-corrected chi connectivity index (χ4v) is 1.33. The molecule has 0 unspecified atom stereocenters. The van der Waals surface area contributed by atoms with Gasteiger partial charge in [0.25, 0.3) is 0 Å². The van der Waals surface area contributed by atoms with Crippen molar-refractivity contribution in [2.75, 3.05) is 13.1 Å². The Bertz CT molecular complexity index is 344. The molecular weight excluding hydrogens is 218 g/mol. The van der Waals surface area contributed by atoms with Gasteiger partial charge in [-0.15, -0.1) is 10.2 Å². The first-order valence-corrected chi connectivity index (χ1v) is 5.85. The van der Waals surface area contributed by atoms with E-state index in [1.54, 1.807) is 6.33 Å². The van der Waals surface area contributed by atoms with Crippen LogP contribution in [-0.2, 0) is 13.5 Å². The molecule has 0 saturated heterocycles. The van der Waals surface area contributed by atoms with Crippen molar-refractivity contribution in [1.82, 2.24) is 25.5 Å². The molecule has 0 aromatic carbocycles. The number of hydrogen-bond acceptors (Lipinski definition) is 4. The predicted octanol–water partition coefficient (Wildman–Crippen LogP) is -0.433. The van der Waals surface area contributed by atoms with Gasteiger partial charge in [0.15, 0.2) is 0 Å². The number of unbranched alkanes of at least 4 members (excludes halogenated alkanes) is 1. The van der Waals surface area contributed by atoms with E-state index < -0.39 is 0 Å². The third kappa shape index (κ3) is 4.81. The number of aryl methyl sites for hydroxylation is 1. The van der Waals surface area contributed by atoms with Crippen LogP contribution in [0.15, 0.2) is 11.3 Å². The first kappa shape index (κ1) is 13.4. The van der Waals surface area contributed by atoms with Crippen molar-refractivity contribution in [3.05, 3.63) is 12.2 Å². The molecule has 1 aromatic heterocycles. The van der Waals surface area contributed by atoms with E-state index in [4.69, 9.17) is 5.84 Å². The van der Waals surface area contributed by atoms with Crippen LogP contribution in [0.25, 0.3) is 0 Å². The van der Waals surface area contributed by atoms with Gasteiger partial charge >= 0.3 is 0 Å². The molecule has 1 aromatic rings. The minimum atomic E-state index is 0.626. The summed E-state index contributed by atoms with van der Waals surface area (Å²) in [6.07, 6.45) is 4.66. The SMILES string of the molecule is CCCCN=C(NN)NCCc1nncn1C. The molecule has 4 N–H and O–H groups in total. The van der Waals surface area contributed by atoms with Crippen LogP contribution in [0.3, 0.4) is 0 Å². The largest absolute Gasteiger partial charge is 0.355 e. The summed E-state index contributed by atoms with van der Waals surface area (Å²) in [5, 5.41) is 10.9. The first-order chi connectivity index (χ1) is 8.27. The fourth-order valence-electron chi connectivity index (χ4n) is 1.33. The molecule has 0 aliphatic carbocycles. The maximum Gasteiger partial charge on any atom is 0.205 e. The van der Waals surface area contributed by atoms with E-state index in [-0.39, 0.29) is 0 Å². The number of aromatic nitrogens is 3. The summed E-state index contributed by atoms with van der Waals surface area (Å²) in [6, 6.07) is 0. The second-order valence-electron chi connectivity index (χ2n) is 3.76. The van der Waals surface area contributed by atoms with Gasteiger partial charge < -0.3 is 9.88 Å². The lowest BCUT2D eigenvalue weighted by atomic mass is 10.3. The second-order valence-corrected chi connectivity index (χ2v) is 3.76. The third-order valence-corrected chi connectivity index (χ3v) is 2.36. The zero-order valence-electron chi connectivity index (χ0n) is 10.5. The Balaban J connectivity index is 2.28. The number of hydrogen-bond donors (Lipinski definition) is 3. The van der Waals surface area contributed by atoms with Gasteiger partial charge in [0.1, 0.15) is 12.2 Å². The molecule has 1 rings (SSSR count). The number of aliphatic imine (C=N–C) groups is 1. The summed E-state index contributed by atoms with van der Waals surface area (Å²) in [4.78, 5) is 4.30. The lowest BCUT2D eigenvalue weighted by Crippen LogP contribution is -2.42. The Hall–Kier alpha value is -1.63. The van der Waals surface area contributed by atoms with E-state index >= 15 is 0 Å². The molecular formula is C10H21N7. The molecule has 0 saturated carbocycles. The van der Waals surface area contributed by atoms with Gasteiger partial charge in [-0.1, -0.05) is 13.3 Å². The number of nitrogens with zero attached hydrogens (tertiary/aromatic N) is 4. The van der Waals surface area contributed by atoms with E-state index in [2.05, 4.69) is 32.9 Å². The highest BCUT2D eigenvalue weighted by molar-refractivity contribution is 5.79. The number of hydrazine groups is 1. The lowest BCUT2D eigenvalue weighted by Gasteiger charge is -2.08. The highest BCUT2D eigenvalue weighted by Crippen LogP contribution is 1.91. The molecule has 7 nitrogen and oxygen atoms in total. The monoisotopic (exact) mass is 239 g/mol. The van der Waals surface area contributed by atoms with Crippen molar-refractivity contribution >= 4 is 5.96 Å². The fraction of sp³-hybridized carbons (Fsp3) is 0.700. The Morgan fingerprint density at radius 2 is 2.41 bits per heavy atom. The van der Waals surface area contributed by atoms with Crippen LogP contribution >= 0.6 is 0 Å². The molecule has 0 fully saturated rings. The van der Waals surface area contributed by atoms with Crippen LogP contribution in [-0.4, -0.2) is 33.8 Å². The van der Waals surface area contributed by atoms with Crippen molar-refractivity contribution in [3.63, 3.8) is 0 Å².